The fourth-order valence-corrected chi connectivity index (χ4v) is 13.0. The molecule has 3 N–H and O–H groups in total. The molecule has 0 heterocycles. The van der Waals surface area contributed by atoms with E-state index in [4.69, 9.17) is 37.0 Å². The van der Waals surface area contributed by atoms with Crippen LogP contribution in [0.4, 0.5) is 0 Å². The van der Waals surface area contributed by atoms with E-state index >= 15 is 0 Å². The van der Waals surface area contributed by atoms with Gasteiger partial charge in [0.25, 0.3) is 0 Å². The third kappa shape index (κ3) is 68.4. The van der Waals surface area contributed by atoms with Gasteiger partial charge in [0, 0.05) is 25.7 Å². The highest BCUT2D eigenvalue weighted by molar-refractivity contribution is 7.47. The minimum atomic E-state index is -4.95. The molecular weight excluding hydrogens is 1220 g/mol. The number of hydrogen-bond donors (Lipinski definition) is 3. The number of phosphoric acid groups is 2. The summed E-state index contributed by atoms with van der Waals surface area (Å²) >= 11 is 0. The van der Waals surface area contributed by atoms with Gasteiger partial charge < -0.3 is 33.8 Å². The van der Waals surface area contributed by atoms with Crippen molar-refractivity contribution < 1.29 is 80.2 Å². The van der Waals surface area contributed by atoms with Crippen LogP contribution in [0.2, 0.25) is 0 Å². The van der Waals surface area contributed by atoms with Gasteiger partial charge >= 0.3 is 39.5 Å². The molecule has 0 rings (SSSR count). The van der Waals surface area contributed by atoms with Crippen LogP contribution in [-0.4, -0.2) is 96.7 Å². The van der Waals surface area contributed by atoms with Gasteiger partial charge in [-0.25, -0.2) is 9.13 Å². The molecule has 0 bridgehead atoms. The molecule has 0 aliphatic rings. The van der Waals surface area contributed by atoms with Crippen molar-refractivity contribution in [3.05, 3.63) is 0 Å². The second kappa shape index (κ2) is 68.6. The van der Waals surface area contributed by atoms with Gasteiger partial charge in [-0.2, -0.15) is 0 Å². The van der Waals surface area contributed by atoms with Crippen LogP contribution in [0, 0.1) is 0 Å². The fourth-order valence-electron chi connectivity index (χ4n) is 11.4. The number of rotatable bonds is 75. The zero-order chi connectivity index (χ0) is 68.2. The zero-order valence-electron chi connectivity index (χ0n) is 60.2. The molecule has 0 aromatic carbocycles. The summed E-state index contributed by atoms with van der Waals surface area (Å²) in [6, 6.07) is 0. The lowest BCUT2D eigenvalue weighted by molar-refractivity contribution is -0.161. The third-order valence-corrected chi connectivity index (χ3v) is 19.3. The Balaban J connectivity index is 5.26. The van der Waals surface area contributed by atoms with Gasteiger partial charge in [0.1, 0.15) is 19.3 Å². The van der Waals surface area contributed by atoms with Gasteiger partial charge in [0.2, 0.25) is 0 Å². The number of hydrogen-bond acceptors (Lipinski definition) is 15. The van der Waals surface area contributed by atoms with Crippen LogP contribution < -0.4 is 0 Å². The summed E-state index contributed by atoms with van der Waals surface area (Å²) in [7, 11) is -9.90. The Kier molecular flexibility index (Phi) is 67.1. The van der Waals surface area contributed by atoms with Crippen LogP contribution in [0.25, 0.3) is 0 Å². The second-order valence-electron chi connectivity index (χ2n) is 26.7. The van der Waals surface area contributed by atoms with E-state index in [1.807, 2.05) is 0 Å². The Bertz CT molecular complexity index is 1770. The van der Waals surface area contributed by atoms with Crippen LogP contribution in [-0.2, 0) is 65.4 Å². The number of phosphoric ester groups is 2. The number of esters is 4. The van der Waals surface area contributed by atoms with Crippen LogP contribution in [0.5, 0.6) is 0 Å². The van der Waals surface area contributed by atoms with Crippen LogP contribution in [0.3, 0.4) is 0 Å². The van der Waals surface area contributed by atoms with Crippen molar-refractivity contribution in [2.75, 3.05) is 39.6 Å². The largest absolute Gasteiger partial charge is 0.472 e. The van der Waals surface area contributed by atoms with Crippen molar-refractivity contribution in [1.29, 1.82) is 0 Å². The molecule has 0 aliphatic carbocycles. The summed E-state index contributed by atoms with van der Waals surface area (Å²) in [5.74, 6) is -2.11. The number of aliphatic hydroxyl groups is 1. The summed E-state index contributed by atoms with van der Waals surface area (Å²) in [6.07, 6.45) is 58.0. The maximum absolute atomic E-state index is 13.1. The Morgan fingerprint density at radius 3 is 0.634 bits per heavy atom. The Morgan fingerprint density at radius 2 is 0.430 bits per heavy atom. The molecule has 0 aromatic rings. The van der Waals surface area contributed by atoms with E-state index in [0.29, 0.717) is 25.7 Å². The van der Waals surface area contributed by atoms with Crippen molar-refractivity contribution >= 4 is 39.5 Å². The SMILES string of the molecule is CCCCCCCCCCCCCCCCC(=O)OC[C@H](COP(=O)(O)OC[C@@H](O)COP(=O)(O)OC[C@@H](COC(=O)CCCCCCCCCCCCCC)OC(=O)CCCCCCCCCCCCCCC)OC(=O)CCCCCCCCCCCCCCCC. The normalized spacial score (nSPS) is 13.9. The number of aliphatic hydroxyl groups excluding tert-OH is 1. The summed E-state index contributed by atoms with van der Waals surface area (Å²) in [5, 5.41) is 10.6. The molecule has 0 saturated heterocycles. The topological polar surface area (TPSA) is 237 Å². The molecule has 0 spiro atoms. The first kappa shape index (κ1) is 91.1. The molecule has 0 saturated carbocycles. The maximum atomic E-state index is 13.1. The van der Waals surface area contributed by atoms with Crippen LogP contribution in [0.15, 0.2) is 0 Å². The quantitative estimate of drug-likeness (QED) is 0.0222. The lowest BCUT2D eigenvalue weighted by Crippen LogP contribution is -2.30. The minimum Gasteiger partial charge on any atom is -0.462 e. The first-order valence-electron chi connectivity index (χ1n) is 38.8. The van der Waals surface area contributed by atoms with E-state index in [1.54, 1.807) is 0 Å². The molecule has 17 nitrogen and oxygen atoms in total. The van der Waals surface area contributed by atoms with Gasteiger partial charge in [-0.05, 0) is 25.7 Å². The van der Waals surface area contributed by atoms with Gasteiger partial charge in [-0.3, -0.25) is 37.3 Å². The van der Waals surface area contributed by atoms with E-state index < -0.39 is 97.5 Å². The smallest absolute Gasteiger partial charge is 0.462 e. The van der Waals surface area contributed by atoms with E-state index in [-0.39, 0.29) is 25.7 Å². The van der Waals surface area contributed by atoms with Crippen molar-refractivity contribution in [2.45, 2.75) is 412 Å². The highest BCUT2D eigenvalue weighted by Gasteiger charge is 2.30. The van der Waals surface area contributed by atoms with Crippen molar-refractivity contribution in [3.8, 4) is 0 Å². The molecule has 93 heavy (non-hydrogen) atoms. The Morgan fingerprint density at radius 1 is 0.258 bits per heavy atom. The molecule has 5 atom stereocenters. The number of carbonyl (C=O) groups excluding carboxylic acids is 4. The molecule has 0 aliphatic heterocycles. The Labute approximate surface area is 568 Å². The molecule has 2 unspecified atom stereocenters. The predicted octanol–water partition coefficient (Wildman–Crippen LogP) is 21.8. The minimum absolute atomic E-state index is 0.109. The number of unbranched alkanes of at least 4 members (excludes halogenated alkanes) is 49. The van der Waals surface area contributed by atoms with Crippen molar-refractivity contribution in [1.82, 2.24) is 0 Å². The zero-order valence-corrected chi connectivity index (χ0v) is 62.0. The second-order valence-corrected chi connectivity index (χ2v) is 29.6. The number of ether oxygens (including phenoxy) is 4. The van der Waals surface area contributed by atoms with E-state index in [2.05, 4.69) is 27.7 Å². The van der Waals surface area contributed by atoms with E-state index in [1.165, 1.54) is 225 Å². The first-order valence-corrected chi connectivity index (χ1v) is 41.8. The summed E-state index contributed by atoms with van der Waals surface area (Å²) < 4.78 is 68.5. The number of carbonyl (C=O) groups is 4. The lowest BCUT2D eigenvalue weighted by atomic mass is 10.0. The standard InChI is InChI=1S/C74H144O17P2/c1-5-9-13-17-21-25-29-33-36-39-43-47-51-55-59-72(77)85-65-70(91-74(79)61-57-53-49-45-41-37-34-30-26-22-18-14-10-6-2)67-89-93(82,83)87-63-68(75)62-86-92(80,81)88-66-69(64-84-71(76)58-54-50-46-42-38-32-28-24-20-16-12-8-4)90-73(78)60-56-52-48-44-40-35-31-27-23-19-15-11-7-3/h68-70,75H,5-67H2,1-4H3,(H,80,81)(H,82,83)/t68-,69+,70+/m0/s1. The summed E-state index contributed by atoms with van der Waals surface area (Å²) in [6.45, 7) is 4.99. The summed E-state index contributed by atoms with van der Waals surface area (Å²) in [4.78, 5) is 72.8. The monoisotopic (exact) mass is 1370 g/mol. The molecule has 0 radical (unpaired) electrons. The molecule has 0 aromatic heterocycles. The highest BCUT2D eigenvalue weighted by atomic mass is 31.2. The molecule has 0 fully saturated rings. The molecule has 19 heteroatoms. The van der Waals surface area contributed by atoms with Crippen LogP contribution in [0.1, 0.15) is 394 Å². The molecule has 552 valence electrons. The predicted molar refractivity (Wildman–Crippen MR) is 377 cm³/mol. The molecular formula is C74H144O17P2. The van der Waals surface area contributed by atoms with Gasteiger partial charge in [-0.15, -0.1) is 0 Å². The highest BCUT2D eigenvalue weighted by Crippen LogP contribution is 2.45. The van der Waals surface area contributed by atoms with Crippen LogP contribution >= 0.6 is 15.6 Å². The molecule has 0 amide bonds. The van der Waals surface area contributed by atoms with Gasteiger partial charge in [-0.1, -0.05) is 342 Å². The van der Waals surface area contributed by atoms with E-state index in [0.717, 1.165) is 89.9 Å². The summed E-state index contributed by atoms with van der Waals surface area (Å²) in [5.41, 5.74) is 0. The van der Waals surface area contributed by atoms with Gasteiger partial charge in [0.05, 0.1) is 26.4 Å². The average Bonchev–Trinajstić information content (AvgIpc) is 2.51. The van der Waals surface area contributed by atoms with E-state index in [9.17, 15) is 43.2 Å². The third-order valence-electron chi connectivity index (χ3n) is 17.4. The van der Waals surface area contributed by atoms with Crippen molar-refractivity contribution in [2.24, 2.45) is 0 Å². The fraction of sp³-hybridized carbons (Fsp3) is 0.946. The Hall–Kier alpha value is -1.94. The maximum Gasteiger partial charge on any atom is 0.472 e. The van der Waals surface area contributed by atoms with Crippen molar-refractivity contribution in [3.63, 3.8) is 0 Å². The average molecular weight is 1370 g/mol. The van der Waals surface area contributed by atoms with Gasteiger partial charge in [0.15, 0.2) is 12.2 Å². The lowest BCUT2D eigenvalue weighted by Gasteiger charge is -2.21. The first-order chi connectivity index (χ1) is 45.2.